The van der Waals surface area contributed by atoms with E-state index in [-0.39, 0.29) is 11.3 Å². The lowest BCUT2D eigenvalue weighted by Gasteiger charge is -2.28. The molecule has 0 N–H and O–H groups in total. The molecule has 3 nitrogen and oxygen atoms in total. The zero-order valence-corrected chi connectivity index (χ0v) is 15.4. The van der Waals surface area contributed by atoms with Gasteiger partial charge in [0.05, 0.1) is 0 Å². The van der Waals surface area contributed by atoms with E-state index in [1.807, 2.05) is 25.7 Å². The molecule has 1 saturated heterocycles. The predicted octanol–water partition coefficient (Wildman–Crippen LogP) is 3.37. The van der Waals surface area contributed by atoms with Crippen LogP contribution in [0.4, 0.5) is 0 Å². The molecule has 1 aromatic rings. The zero-order valence-electron chi connectivity index (χ0n) is 13.2. The number of benzene rings is 1. The van der Waals surface area contributed by atoms with Crippen molar-refractivity contribution in [2.75, 3.05) is 26.2 Å². The predicted molar refractivity (Wildman–Crippen MR) is 95.1 cm³/mol. The second kappa shape index (κ2) is 7.09. The Kier molecular flexibility index (Phi) is 5.66. The Morgan fingerprint density at radius 3 is 2.62 bits per heavy atom. The average molecular weight is 400 g/mol. The number of amides is 1. The molecule has 1 aliphatic rings. The van der Waals surface area contributed by atoms with Gasteiger partial charge in [-0.15, -0.1) is 0 Å². The van der Waals surface area contributed by atoms with Gasteiger partial charge in [0.15, 0.2) is 0 Å². The van der Waals surface area contributed by atoms with Gasteiger partial charge in [0.1, 0.15) is 0 Å². The zero-order chi connectivity index (χ0) is 15.5. The fraction of sp³-hybridized carbons (Fsp3) is 0.588. The number of hydrogen-bond acceptors (Lipinski definition) is 2. The number of nitrogens with zero attached hydrogens (tertiary/aromatic N) is 2. The molecule has 1 fully saturated rings. The fourth-order valence-corrected chi connectivity index (χ4v) is 3.31. The number of hydrogen-bond donors (Lipinski definition) is 0. The van der Waals surface area contributed by atoms with Crippen LogP contribution in [0.15, 0.2) is 24.3 Å². The standard InChI is InChI=1S/C17H25IN2O/c1-17(2,3)16(21)20-9-5-8-19(10-11-20)13-14-6-4-7-15(18)12-14/h4,6-7,12H,5,8-11,13H2,1-3H3. The van der Waals surface area contributed by atoms with Gasteiger partial charge in [0.25, 0.3) is 0 Å². The molecule has 0 atom stereocenters. The highest BCUT2D eigenvalue weighted by atomic mass is 127. The first kappa shape index (κ1) is 16.7. The Balaban J connectivity index is 1.93. The van der Waals surface area contributed by atoms with Gasteiger partial charge in [-0.05, 0) is 46.7 Å². The summed E-state index contributed by atoms with van der Waals surface area (Å²) in [7, 11) is 0. The van der Waals surface area contributed by atoms with Gasteiger partial charge in [0, 0.05) is 41.7 Å². The van der Waals surface area contributed by atoms with Crippen LogP contribution in [-0.4, -0.2) is 41.9 Å². The topological polar surface area (TPSA) is 23.6 Å². The second-order valence-electron chi connectivity index (χ2n) is 6.80. The van der Waals surface area contributed by atoms with E-state index < -0.39 is 0 Å². The minimum absolute atomic E-state index is 0.273. The monoisotopic (exact) mass is 400 g/mol. The molecule has 4 heteroatoms. The molecule has 1 aromatic carbocycles. The first-order valence-electron chi connectivity index (χ1n) is 7.62. The van der Waals surface area contributed by atoms with Gasteiger partial charge >= 0.3 is 0 Å². The third-order valence-corrected chi connectivity index (χ3v) is 4.48. The van der Waals surface area contributed by atoms with Crippen LogP contribution in [0.1, 0.15) is 32.8 Å². The van der Waals surface area contributed by atoms with E-state index in [0.29, 0.717) is 0 Å². The normalized spacial score (nSPS) is 17.6. The molecule has 21 heavy (non-hydrogen) atoms. The van der Waals surface area contributed by atoms with E-state index in [9.17, 15) is 4.79 Å². The summed E-state index contributed by atoms with van der Waals surface area (Å²) < 4.78 is 1.28. The third kappa shape index (κ3) is 4.95. The van der Waals surface area contributed by atoms with E-state index in [4.69, 9.17) is 0 Å². The highest BCUT2D eigenvalue weighted by Crippen LogP contribution is 2.19. The van der Waals surface area contributed by atoms with Gasteiger partial charge < -0.3 is 4.90 Å². The van der Waals surface area contributed by atoms with Crippen molar-refractivity contribution in [3.05, 3.63) is 33.4 Å². The van der Waals surface area contributed by atoms with Crippen LogP contribution in [0.25, 0.3) is 0 Å². The third-order valence-electron chi connectivity index (χ3n) is 3.81. The summed E-state index contributed by atoms with van der Waals surface area (Å²) in [6.45, 7) is 10.8. The van der Waals surface area contributed by atoms with Crippen LogP contribution in [0.2, 0.25) is 0 Å². The van der Waals surface area contributed by atoms with Crippen molar-refractivity contribution < 1.29 is 4.79 Å². The van der Waals surface area contributed by atoms with Crippen LogP contribution >= 0.6 is 22.6 Å². The first-order valence-corrected chi connectivity index (χ1v) is 8.70. The second-order valence-corrected chi connectivity index (χ2v) is 8.05. The molecule has 0 bridgehead atoms. The van der Waals surface area contributed by atoms with Crippen molar-refractivity contribution in [2.24, 2.45) is 5.41 Å². The van der Waals surface area contributed by atoms with Gasteiger partial charge in [-0.1, -0.05) is 32.9 Å². The van der Waals surface area contributed by atoms with E-state index in [1.165, 1.54) is 9.13 Å². The quantitative estimate of drug-likeness (QED) is 0.711. The van der Waals surface area contributed by atoms with Gasteiger partial charge in [-0.25, -0.2) is 0 Å². The van der Waals surface area contributed by atoms with Gasteiger partial charge in [-0.2, -0.15) is 0 Å². The molecule has 1 aliphatic heterocycles. The lowest BCUT2D eigenvalue weighted by molar-refractivity contribution is -0.139. The lowest BCUT2D eigenvalue weighted by atomic mass is 9.94. The smallest absolute Gasteiger partial charge is 0.227 e. The largest absolute Gasteiger partial charge is 0.341 e. The molecule has 0 spiro atoms. The van der Waals surface area contributed by atoms with Crippen LogP contribution in [-0.2, 0) is 11.3 Å². The summed E-state index contributed by atoms with van der Waals surface area (Å²) in [6.07, 6.45) is 1.06. The Hall–Kier alpha value is -0.620. The first-order chi connectivity index (χ1) is 9.86. The minimum atomic E-state index is -0.273. The number of carbonyl (C=O) groups is 1. The summed E-state index contributed by atoms with van der Waals surface area (Å²) in [5.41, 5.74) is 1.09. The molecule has 0 aromatic heterocycles. The maximum absolute atomic E-state index is 12.4. The van der Waals surface area contributed by atoms with Crippen molar-refractivity contribution in [1.29, 1.82) is 0 Å². The summed E-state index contributed by atoms with van der Waals surface area (Å²) in [6, 6.07) is 8.66. The molecule has 0 aliphatic carbocycles. The van der Waals surface area contributed by atoms with E-state index >= 15 is 0 Å². The summed E-state index contributed by atoms with van der Waals surface area (Å²) in [5, 5.41) is 0. The molecule has 0 radical (unpaired) electrons. The molecule has 2 rings (SSSR count). The Morgan fingerprint density at radius 1 is 1.19 bits per heavy atom. The maximum Gasteiger partial charge on any atom is 0.227 e. The van der Waals surface area contributed by atoms with E-state index in [0.717, 1.165) is 39.1 Å². The Labute approximate surface area is 141 Å². The molecule has 0 saturated carbocycles. The van der Waals surface area contributed by atoms with Crippen molar-refractivity contribution in [1.82, 2.24) is 9.80 Å². The van der Waals surface area contributed by atoms with Crippen molar-refractivity contribution in [3.63, 3.8) is 0 Å². The Morgan fingerprint density at radius 2 is 1.95 bits per heavy atom. The van der Waals surface area contributed by atoms with Crippen LogP contribution in [0.3, 0.4) is 0 Å². The maximum atomic E-state index is 12.4. The lowest BCUT2D eigenvalue weighted by Crippen LogP contribution is -2.41. The van der Waals surface area contributed by atoms with Crippen LogP contribution in [0, 0.1) is 8.99 Å². The van der Waals surface area contributed by atoms with Gasteiger partial charge in [0.2, 0.25) is 5.91 Å². The highest BCUT2D eigenvalue weighted by Gasteiger charge is 2.28. The van der Waals surface area contributed by atoms with Crippen molar-refractivity contribution in [2.45, 2.75) is 33.7 Å². The van der Waals surface area contributed by atoms with Crippen molar-refractivity contribution >= 4 is 28.5 Å². The number of halogens is 1. The SMILES string of the molecule is CC(C)(C)C(=O)N1CCCN(Cc2cccc(I)c2)CC1. The molecule has 1 amide bonds. The molecule has 1 heterocycles. The molecule has 0 unspecified atom stereocenters. The van der Waals surface area contributed by atoms with Gasteiger partial charge in [-0.3, -0.25) is 9.69 Å². The van der Waals surface area contributed by atoms with Crippen LogP contribution in [0.5, 0.6) is 0 Å². The van der Waals surface area contributed by atoms with E-state index in [1.54, 1.807) is 0 Å². The summed E-state index contributed by atoms with van der Waals surface area (Å²) in [4.78, 5) is 16.9. The Bertz CT molecular complexity index is 496. The molecular weight excluding hydrogens is 375 g/mol. The number of carbonyl (C=O) groups excluding carboxylic acids is 1. The number of rotatable bonds is 2. The summed E-state index contributed by atoms with van der Waals surface area (Å²) >= 11 is 2.36. The minimum Gasteiger partial charge on any atom is -0.341 e. The van der Waals surface area contributed by atoms with Crippen LogP contribution < -0.4 is 0 Å². The summed E-state index contributed by atoms with van der Waals surface area (Å²) in [5.74, 6) is 0.276. The highest BCUT2D eigenvalue weighted by molar-refractivity contribution is 14.1. The average Bonchev–Trinajstić information content (AvgIpc) is 2.62. The molecule has 116 valence electrons. The fourth-order valence-electron chi connectivity index (χ4n) is 2.70. The molecular formula is C17H25IN2O. The van der Waals surface area contributed by atoms with E-state index in [2.05, 4.69) is 51.8 Å². The van der Waals surface area contributed by atoms with Crippen molar-refractivity contribution in [3.8, 4) is 0 Å².